The first-order valence-electron chi connectivity index (χ1n) is 11.1. The van der Waals surface area contributed by atoms with Crippen molar-refractivity contribution in [3.8, 4) is 11.5 Å². The Hall–Kier alpha value is -3.82. The minimum absolute atomic E-state index is 0.0611. The molecule has 2 aliphatic rings. The Balaban J connectivity index is 1.54. The maximum absolute atomic E-state index is 13.6. The van der Waals surface area contributed by atoms with Gasteiger partial charge in [0.05, 0.1) is 24.4 Å². The molecule has 35 heavy (non-hydrogen) atoms. The molecule has 2 atom stereocenters. The number of aliphatic hydroxyl groups excluding tert-OH is 1. The number of thiophene rings is 1. The van der Waals surface area contributed by atoms with Crippen molar-refractivity contribution in [2.24, 2.45) is 0 Å². The summed E-state index contributed by atoms with van der Waals surface area (Å²) in [5.74, 6) is 0.207. The van der Waals surface area contributed by atoms with Gasteiger partial charge in [0.2, 0.25) is 0 Å². The number of hydrogen-bond donors (Lipinski definition) is 2. The van der Waals surface area contributed by atoms with E-state index in [9.17, 15) is 19.8 Å². The van der Waals surface area contributed by atoms with Gasteiger partial charge in [0.25, 0.3) is 5.91 Å². The second-order valence-electron chi connectivity index (χ2n) is 8.30. The van der Waals surface area contributed by atoms with Gasteiger partial charge in [0.15, 0.2) is 17.7 Å². The first-order valence-corrected chi connectivity index (χ1v) is 12.0. The molecule has 2 amide bonds. The Morgan fingerprint density at radius 1 is 1.14 bits per heavy atom. The van der Waals surface area contributed by atoms with E-state index in [1.54, 1.807) is 11.3 Å². The zero-order valence-electron chi connectivity index (χ0n) is 19.0. The number of benzene rings is 2. The summed E-state index contributed by atoms with van der Waals surface area (Å²) in [4.78, 5) is 29.4. The molecule has 0 radical (unpaired) electrons. The Morgan fingerprint density at radius 2 is 1.94 bits per heavy atom. The van der Waals surface area contributed by atoms with Crippen molar-refractivity contribution in [3.63, 3.8) is 0 Å². The molecule has 0 saturated heterocycles. The minimum atomic E-state index is -1.46. The van der Waals surface area contributed by atoms with Crippen molar-refractivity contribution >= 4 is 34.6 Å². The normalized spacial score (nSPS) is 19.4. The third kappa shape index (κ3) is 4.24. The minimum Gasteiger partial charge on any atom is -0.493 e. The summed E-state index contributed by atoms with van der Waals surface area (Å²) in [5.41, 5.74) is 2.09. The second-order valence-corrected chi connectivity index (χ2v) is 9.24. The number of fused-ring (bicyclic) bond motifs is 2. The highest BCUT2D eigenvalue weighted by molar-refractivity contribution is 7.11. The Morgan fingerprint density at radius 3 is 2.63 bits per heavy atom. The number of methoxy groups -OCH3 is 1. The van der Waals surface area contributed by atoms with E-state index in [0.29, 0.717) is 12.2 Å². The predicted molar refractivity (Wildman–Crippen MR) is 132 cm³/mol. The molecule has 1 aromatic heterocycles. The number of rotatable bonds is 5. The van der Waals surface area contributed by atoms with Crippen LogP contribution in [-0.4, -0.2) is 53.0 Å². The van der Waals surface area contributed by atoms with Gasteiger partial charge in [-0.25, -0.2) is 9.69 Å². The molecule has 0 aliphatic carbocycles. The Bertz CT molecular complexity index is 1270. The first-order chi connectivity index (χ1) is 17.0. The molecule has 9 heteroatoms. The predicted octanol–water partition coefficient (Wildman–Crippen LogP) is 4.45. The molecule has 2 N–H and O–H groups in total. The molecule has 3 aromatic rings. The van der Waals surface area contributed by atoms with Crippen LogP contribution in [0, 0.1) is 0 Å². The lowest BCUT2D eigenvalue weighted by molar-refractivity contribution is 0.0411. The smallest absolute Gasteiger partial charge is 0.414 e. The quantitative estimate of drug-likeness (QED) is 0.546. The number of nitrogens with zero attached hydrogens (tertiary/aromatic N) is 2. The van der Waals surface area contributed by atoms with Crippen LogP contribution >= 0.6 is 11.3 Å². The van der Waals surface area contributed by atoms with Crippen molar-refractivity contribution in [1.29, 1.82) is 0 Å². The van der Waals surface area contributed by atoms with Crippen molar-refractivity contribution in [2.45, 2.75) is 25.3 Å². The number of amides is 2. The van der Waals surface area contributed by atoms with E-state index < -0.39 is 18.4 Å². The van der Waals surface area contributed by atoms with E-state index in [2.05, 4.69) is 0 Å². The van der Waals surface area contributed by atoms with Gasteiger partial charge in [-0.15, -0.1) is 11.3 Å². The van der Waals surface area contributed by atoms with Gasteiger partial charge < -0.3 is 24.6 Å². The van der Waals surface area contributed by atoms with Crippen molar-refractivity contribution < 1.29 is 29.3 Å². The number of anilines is 1. The third-order valence-corrected chi connectivity index (χ3v) is 7.23. The summed E-state index contributed by atoms with van der Waals surface area (Å²) in [6.45, 7) is 0.484. The van der Waals surface area contributed by atoms with Crippen LogP contribution in [0.5, 0.6) is 11.5 Å². The van der Waals surface area contributed by atoms with Gasteiger partial charge in [0, 0.05) is 17.5 Å². The molecule has 0 spiro atoms. The number of carboxylic acid groups (broad SMARTS) is 1. The number of carbonyl (C=O) groups excluding carboxylic acids is 1. The van der Waals surface area contributed by atoms with Crippen LogP contribution in [0.1, 0.15) is 27.2 Å². The fourth-order valence-corrected chi connectivity index (χ4v) is 5.32. The maximum Gasteiger partial charge on any atom is 0.414 e. The average molecular weight is 493 g/mol. The van der Waals surface area contributed by atoms with E-state index in [-0.39, 0.29) is 36.1 Å². The second kappa shape index (κ2) is 9.44. The van der Waals surface area contributed by atoms with Gasteiger partial charge >= 0.3 is 6.09 Å². The van der Waals surface area contributed by atoms with Crippen LogP contribution in [0.15, 0.2) is 66.1 Å². The average Bonchev–Trinajstić information content (AvgIpc) is 3.40. The molecule has 0 bridgehead atoms. The van der Waals surface area contributed by atoms with Gasteiger partial charge in [-0.1, -0.05) is 42.5 Å². The lowest BCUT2D eigenvalue weighted by atomic mass is 9.97. The highest BCUT2D eigenvalue weighted by Crippen LogP contribution is 2.42. The van der Waals surface area contributed by atoms with E-state index in [0.717, 1.165) is 20.9 Å². The van der Waals surface area contributed by atoms with Crippen LogP contribution in [0.25, 0.3) is 5.57 Å². The Kier molecular flexibility index (Phi) is 6.19. The maximum atomic E-state index is 13.6. The lowest BCUT2D eigenvalue weighted by Crippen LogP contribution is -2.54. The van der Waals surface area contributed by atoms with E-state index in [4.69, 9.17) is 9.47 Å². The SMILES string of the molecule is COc1cc2c(cc1OCc1ccccc1)N(C(=O)O)C(O)[C@@H]1CC(c3cccs3)=CCN1C2=O. The summed E-state index contributed by atoms with van der Waals surface area (Å²) >= 11 is 1.56. The zero-order chi connectivity index (χ0) is 24.5. The van der Waals surface area contributed by atoms with Crippen LogP contribution < -0.4 is 14.4 Å². The molecule has 2 aliphatic heterocycles. The van der Waals surface area contributed by atoms with E-state index in [1.165, 1.54) is 24.1 Å². The topological polar surface area (TPSA) is 99.5 Å². The number of carbonyl (C=O) groups is 2. The van der Waals surface area contributed by atoms with Gasteiger partial charge in [-0.2, -0.15) is 0 Å². The van der Waals surface area contributed by atoms with Crippen LogP contribution in [-0.2, 0) is 6.61 Å². The number of ether oxygens (including phenoxy) is 2. The molecule has 1 unspecified atom stereocenters. The Labute approximate surface area is 206 Å². The van der Waals surface area contributed by atoms with Crippen molar-refractivity contribution in [2.75, 3.05) is 18.6 Å². The molecule has 3 heterocycles. The summed E-state index contributed by atoms with van der Waals surface area (Å²) in [5, 5.41) is 23.3. The summed E-state index contributed by atoms with van der Waals surface area (Å²) < 4.78 is 11.4. The largest absolute Gasteiger partial charge is 0.493 e. The number of hydrogen-bond acceptors (Lipinski definition) is 6. The van der Waals surface area contributed by atoms with Crippen LogP contribution in [0.2, 0.25) is 0 Å². The summed E-state index contributed by atoms with van der Waals surface area (Å²) in [7, 11) is 1.46. The standard InChI is InChI=1S/C26H24N2O6S/c1-33-21-13-18-19(14-22(21)34-15-16-6-3-2-4-7-16)28(26(31)32)25(30)20-12-17(23-8-5-11-35-23)9-10-27(20)24(18)29/h2-9,11,13-14,20,25,30H,10,12,15H2,1H3,(H,31,32)/t20-,25?/m0/s1. The van der Waals surface area contributed by atoms with E-state index >= 15 is 0 Å². The van der Waals surface area contributed by atoms with Gasteiger partial charge in [-0.05, 0) is 35.1 Å². The van der Waals surface area contributed by atoms with E-state index in [1.807, 2.05) is 53.9 Å². The third-order valence-electron chi connectivity index (χ3n) is 6.29. The van der Waals surface area contributed by atoms with Crippen LogP contribution in [0.4, 0.5) is 10.5 Å². The summed E-state index contributed by atoms with van der Waals surface area (Å²) in [6, 6.07) is 15.6. The number of aliphatic hydroxyl groups is 1. The highest BCUT2D eigenvalue weighted by Gasteiger charge is 2.44. The first kappa shape index (κ1) is 22.9. The molecular formula is C26H24N2O6S. The molecule has 180 valence electrons. The molecule has 2 aromatic carbocycles. The van der Waals surface area contributed by atoms with Crippen LogP contribution in [0.3, 0.4) is 0 Å². The lowest BCUT2D eigenvalue weighted by Gasteiger charge is -2.38. The fourth-order valence-electron chi connectivity index (χ4n) is 4.54. The molecular weight excluding hydrogens is 468 g/mol. The highest BCUT2D eigenvalue weighted by atomic mass is 32.1. The molecule has 0 fully saturated rings. The van der Waals surface area contributed by atoms with Gasteiger partial charge in [-0.3, -0.25) is 4.79 Å². The molecule has 0 saturated carbocycles. The van der Waals surface area contributed by atoms with Gasteiger partial charge in [0.1, 0.15) is 6.61 Å². The monoisotopic (exact) mass is 492 g/mol. The zero-order valence-corrected chi connectivity index (χ0v) is 19.8. The van der Waals surface area contributed by atoms with Crippen molar-refractivity contribution in [1.82, 2.24) is 4.90 Å². The molecule has 5 rings (SSSR count). The molecule has 8 nitrogen and oxygen atoms in total. The van der Waals surface area contributed by atoms with Crippen molar-refractivity contribution in [3.05, 3.63) is 82.1 Å². The summed E-state index contributed by atoms with van der Waals surface area (Å²) in [6.07, 6.45) is -0.534. The fraction of sp³-hybridized carbons (Fsp3) is 0.231.